The number of carbonyl (C=O) groups excluding carboxylic acids is 1. The molecular formula is C20H19Cl2NO2. The Morgan fingerprint density at radius 1 is 1.24 bits per heavy atom. The minimum Gasteiger partial charge on any atom is -0.487 e. The van der Waals surface area contributed by atoms with Gasteiger partial charge in [0.1, 0.15) is 11.4 Å². The molecule has 1 heterocycles. The number of rotatable bonds is 3. The van der Waals surface area contributed by atoms with Crippen LogP contribution in [0, 0.1) is 0 Å². The number of carbonyl (C=O) groups is 1. The average molecular weight is 376 g/mol. The highest BCUT2D eigenvalue weighted by Gasteiger charge is 2.33. The monoisotopic (exact) mass is 375 g/mol. The molecule has 0 fully saturated rings. The second kappa shape index (κ2) is 7.11. The highest BCUT2D eigenvalue weighted by molar-refractivity contribution is 6.35. The van der Waals surface area contributed by atoms with E-state index in [0.717, 1.165) is 16.9 Å². The summed E-state index contributed by atoms with van der Waals surface area (Å²) in [6.45, 7) is 4.04. The maximum atomic E-state index is 12.4. The van der Waals surface area contributed by atoms with Crippen LogP contribution >= 0.6 is 23.2 Å². The number of benzene rings is 2. The van der Waals surface area contributed by atoms with Gasteiger partial charge in [-0.15, -0.1) is 0 Å². The van der Waals surface area contributed by atoms with Crippen LogP contribution in [0.25, 0.3) is 6.08 Å². The van der Waals surface area contributed by atoms with Gasteiger partial charge in [0.15, 0.2) is 0 Å². The molecule has 1 N–H and O–H groups in total. The summed E-state index contributed by atoms with van der Waals surface area (Å²) < 4.78 is 5.99. The third-order valence-electron chi connectivity index (χ3n) is 4.07. The first-order valence-electron chi connectivity index (χ1n) is 8.06. The Balaban J connectivity index is 1.75. The number of nitrogens with one attached hydrogen (secondary N) is 1. The summed E-state index contributed by atoms with van der Waals surface area (Å²) >= 11 is 12.0. The Morgan fingerprint density at radius 3 is 2.76 bits per heavy atom. The first kappa shape index (κ1) is 17.8. The van der Waals surface area contributed by atoms with Gasteiger partial charge in [-0.2, -0.15) is 0 Å². The van der Waals surface area contributed by atoms with Gasteiger partial charge >= 0.3 is 0 Å². The van der Waals surface area contributed by atoms with Gasteiger partial charge in [-0.1, -0.05) is 47.5 Å². The van der Waals surface area contributed by atoms with E-state index in [1.807, 2.05) is 38.1 Å². The largest absolute Gasteiger partial charge is 0.487 e. The minimum absolute atomic E-state index is 0.0993. The Labute approximate surface area is 157 Å². The minimum atomic E-state index is -0.338. The molecule has 0 saturated heterocycles. The van der Waals surface area contributed by atoms with Gasteiger partial charge in [0.25, 0.3) is 0 Å². The van der Waals surface area contributed by atoms with E-state index in [-0.39, 0.29) is 17.6 Å². The van der Waals surface area contributed by atoms with E-state index in [1.54, 1.807) is 24.3 Å². The normalized spacial score (nSPS) is 18.5. The van der Waals surface area contributed by atoms with E-state index < -0.39 is 0 Å². The third-order valence-corrected chi connectivity index (χ3v) is 4.63. The molecule has 1 aliphatic rings. The second-order valence-corrected chi connectivity index (χ2v) is 7.51. The molecule has 0 aliphatic carbocycles. The molecule has 0 saturated carbocycles. The third kappa shape index (κ3) is 4.36. The summed E-state index contributed by atoms with van der Waals surface area (Å²) in [6, 6.07) is 12.9. The zero-order valence-electron chi connectivity index (χ0n) is 14.1. The highest BCUT2D eigenvalue weighted by atomic mass is 35.5. The molecule has 5 heteroatoms. The van der Waals surface area contributed by atoms with Crippen molar-refractivity contribution in [2.75, 3.05) is 0 Å². The van der Waals surface area contributed by atoms with Crippen molar-refractivity contribution in [3.05, 3.63) is 69.7 Å². The van der Waals surface area contributed by atoms with Gasteiger partial charge in [-0.25, -0.2) is 0 Å². The van der Waals surface area contributed by atoms with Crippen molar-refractivity contribution in [2.45, 2.75) is 31.9 Å². The van der Waals surface area contributed by atoms with E-state index in [9.17, 15) is 4.79 Å². The van der Waals surface area contributed by atoms with E-state index in [4.69, 9.17) is 27.9 Å². The van der Waals surface area contributed by atoms with Crippen molar-refractivity contribution in [2.24, 2.45) is 0 Å². The maximum absolute atomic E-state index is 12.4. The van der Waals surface area contributed by atoms with Crippen molar-refractivity contribution in [1.29, 1.82) is 0 Å². The molecular weight excluding hydrogens is 357 g/mol. The van der Waals surface area contributed by atoms with Gasteiger partial charge in [-0.05, 0) is 43.7 Å². The first-order valence-corrected chi connectivity index (χ1v) is 8.81. The molecule has 0 unspecified atom stereocenters. The van der Waals surface area contributed by atoms with Crippen LogP contribution in [0.3, 0.4) is 0 Å². The van der Waals surface area contributed by atoms with Gasteiger partial charge in [0, 0.05) is 28.1 Å². The molecule has 25 heavy (non-hydrogen) atoms. The molecule has 1 atom stereocenters. The van der Waals surface area contributed by atoms with Crippen LogP contribution in [-0.2, 0) is 4.79 Å². The fraction of sp³-hybridized carbons (Fsp3) is 0.250. The molecule has 2 aromatic rings. The Kier molecular flexibility index (Phi) is 5.07. The molecule has 3 rings (SSSR count). The first-order chi connectivity index (χ1) is 11.8. The zero-order chi connectivity index (χ0) is 18.0. The Hall–Kier alpha value is -1.97. The lowest BCUT2D eigenvalue weighted by Crippen LogP contribution is -2.40. The van der Waals surface area contributed by atoms with Gasteiger partial charge in [-0.3, -0.25) is 4.79 Å². The van der Waals surface area contributed by atoms with Crippen molar-refractivity contribution in [3.8, 4) is 5.75 Å². The van der Waals surface area contributed by atoms with Gasteiger partial charge < -0.3 is 10.1 Å². The Morgan fingerprint density at radius 2 is 2.00 bits per heavy atom. The summed E-state index contributed by atoms with van der Waals surface area (Å²) in [6.07, 6.45) is 3.87. The van der Waals surface area contributed by atoms with Crippen molar-refractivity contribution in [3.63, 3.8) is 0 Å². The molecule has 0 bridgehead atoms. The van der Waals surface area contributed by atoms with Crippen LogP contribution in [0.4, 0.5) is 0 Å². The van der Waals surface area contributed by atoms with Crippen LogP contribution in [0.5, 0.6) is 5.75 Å². The summed E-state index contributed by atoms with van der Waals surface area (Å²) in [7, 11) is 0. The van der Waals surface area contributed by atoms with Crippen LogP contribution in [0.1, 0.15) is 37.4 Å². The van der Waals surface area contributed by atoms with Crippen LogP contribution in [-0.4, -0.2) is 11.5 Å². The lowest BCUT2D eigenvalue weighted by molar-refractivity contribution is -0.117. The predicted molar refractivity (Wildman–Crippen MR) is 102 cm³/mol. The van der Waals surface area contributed by atoms with Gasteiger partial charge in [0.2, 0.25) is 5.91 Å². The van der Waals surface area contributed by atoms with E-state index in [0.29, 0.717) is 16.5 Å². The smallest absolute Gasteiger partial charge is 0.244 e. The van der Waals surface area contributed by atoms with Gasteiger partial charge in [0.05, 0.1) is 6.04 Å². The number of halogens is 2. The molecule has 3 nitrogen and oxygen atoms in total. The van der Waals surface area contributed by atoms with Crippen LogP contribution < -0.4 is 10.1 Å². The van der Waals surface area contributed by atoms with Crippen molar-refractivity contribution < 1.29 is 9.53 Å². The SMILES string of the molecule is CC1(C)C[C@H](NC(=O)/C=C/c2ccc(Cl)cc2Cl)c2ccccc2O1. The topological polar surface area (TPSA) is 38.3 Å². The molecule has 130 valence electrons. The number of hydrogen-bond acceptors (Lipinski definition) is 2. The molecule has 0 spiro atoms. The lowest BCUT2D eigenvalue weighted by Gasteiger charge is -2.37. The highest BCUT2D eigenvalue weighted by Crippen LogP contribution is 2.39. The van der Waals surface area contributed by atoms with Crippen molar-refractivity contribution >= 4 is 35.2 Å². The number of hydrogen-bond donors (Lipinski definition) is 1. The zero-order valence-corrected chi connectivity index (χ0v) is 15.6. The fourth-order valence-corrected chi connectivity index (χ4v) is 3.42. The molecule has 1 aliphatic heterocycles. The number of amides is 1. The van der Waals surface area contributed by atoms with Crippen LogP contribution in [0.15, 0.2) is 48.5 Å². The fourth-order valence-electron chi connectivity index (χ4n) is 2.95. The molecule has 0 radical (unpaired) electrons. The van der Waals surface area contributed by atoms with E-state index in [2.05, 4.69) is 5.32 Å². The summed E-state index contributed by atoms with van der Waals surface area (Å²) in [4.78, 5) is 12.4. The maximum Gasteiger partial charge on any atom is 0.244 e. The number of ether oxygens (including phenoxy) is 1. The Bertz CT molecular complexity index is 830. The van der Waals surface area contributed by atoms with Crippen LogP contribution in [0.2, 0.25) is 10.0 Å². The second-order valence-electron chi connectivity index (χ2n) is 6.66. The predicted octanol–water partition coefficient (Wildman–Crippen LogP) is 5.43. The molecule has 2 aromatic carbocycles. The molecule has 1 amide bonds. The summed E-state index contributed by atoms with van der Waals surface area (Å²) in [5, 5.41) is 4.13. The average Bonchev–Trinajstić information content (AvgIpc) is 2.53. The number of para-hydroxylation sites is 1. The number of fused-ring (bicyclic) bond motifs is 1. The summed E-state index contributed by atoms with van der Waals surface area (Å²) in [5.41, 5.74) is 1.40. The van der Waals surface area contributed by atoms with E-state index in [1.165, 1.54) is 6.08 Å². The lowest BCUT2D eigenvalue weighted by atomic mass is 9.89. The van der Waals surface area contributed by atoms with Crippen molar-refractivity contribution in [1.82, 2.24) is 5.32 Å². The molecule has 0 aromatic heterocycles. The van der Waals surface area contributed by atoms with E-state index >= 15 is 0 Å². The summed E-state index contributed by atoms with van der Waals surface area (Å²) in [5.74, 6) is 0.636. The standard InChI is InChI=1S/C20H19Cl2NO2/c1-20(2)12-17(15-5-3-4-6-18(15)25-20)23-19(24)10-8-13-7-9-14(21)11-16(13)22/h3-11,17H,12H2,1-2H3,(H,23,24)/b10-8+/t17-/m0/s1. The quantitative estimate of drug-likeness (QED) is 0.726.